The van der Waals surface area contributed by atoms with Crippen molar-refractivity contribution < 1.29 is 9.47 Å². The minimum absolute atomic E-state index is 0.303. The van der Waals surface area contributed by atoms with Crippen molar-refractivity contribution in [3.8, 4) is 0 Å². The third kappa shape index (κ3) is 4.10. The van der Waals surface area contributed by atoms with Gasteiger partial charge in [-0.25, -0.2) is 4.99 Å². The zero-order valence-corrected chi connectivity index (χ0v) is 17.3. The molecule has 2 aromatic rings. The molecule has 0 N–H and O–H groups in total. The highest BCUT2D eigenvalue weighted by Gasteiger charge is 2.28. The summed E-state index contributed by atoms with van der Waals surface area (Å²) in [6.45, 7) is 5.25. The lowest BCUT2D eigenvalue weighted by molar-refractivity contribution is 0.0202. The molecule has 0 aromatic heterocycles. The van der Waals surface area contributed by atoms with E-state index in [1.54, 1.807) is 26.0 Å². The molecule has 0 aliphatic carbocycles. The van der Waals surface area contributed by atoms with E-state index in [2.05, 4.69) is 58.3 Å². The van der Waals surface area contributed by atoms with Crippen molar-refractivity contribution in [2.45, 2.75) is 15.8 Å². The number of amidine groups is 1. The van der Waals surface area contributed by atoms with E-state index in [0.29, 0.717) is 19.3 Å². The summed E-state index contributed by atoms with van der Waals surface area (Å²) in [7, 11) is 3.51. The van der Waals surface area contributed by atoms with Crippen LogP contribution < -0.4 is 0 Å². The molecule has 0 spiro atoms. The van der Waals surface area contributed by atoms with E-state index < -0.39 is 0 Å². The molecule has 28 heavy (non-hydrogen) atoms. The predicted octanol–water partition coefficient (Wildman–Crippen LogP) is 3.51. The lowest BCUT2D eigenvalue weighted by Gasteiger charge is -2.40. The molecule has 0 amide bonds. The average molecular weight is 398 g/mol. The van der Waals surface area contributed by atoms with Crippen molar-refractivity contribution in [1.82, 2.24) is 9.80 Å². The molecule has 0 bridgehead atoms. The van der Waals surface area contributed by atoms with Crippen LogP contribution in [0, 0.1) is 0 Å². The number of ether oxygens (including phenoxy) is 2. The molecule has 2 aliphatic heterocycles. The molecule has 0 atom stereocenters. The van der Waals surface area contributed by atoms with Crippen molar-refractivity contribution >= 4 is 23.3 Å². The van der Waals surface area contributed by atoms with Crippen molar-refractivity contribution in [3.05, 3.63) is 54.1 Å². The van der Waals surface area contributed by atoms with E-state index in [-0.39, 0.29) is 0 Å². The topological polar surface area (TPSA) is 37.3 Å². The van der Waals surface area contributed by atoms with E-state index in [1.165, 1.54) is 15.4 Å². The normalized spacial score (nSPS) is 17.1. The van der Waals surface area contributed by atoms with Crippen molar-refractivity contribution in [1.29, 1.82) is 0 Å². The van der Waals surface area contributed by atoms with E-state index >= 15 is 0 Å². The highest BCUT2D eigenvalue weighted by atomic mass is 32.2. The van der Waals surface area contributed by atoms with Crippen LogP contribution >= 0.6 is 11.8 Å². The van der Waals surface area contributed by atoms with Crippen molar-refractivity contribution in [2.75, 3.05) is 53.6 Å². The van der Waals surface area contributed by atoms with Crippen LogP contribution in [0.3, 0.4) is 0 Å². The number of benzene rings is 2. The van der Waals surface area contributed by atoms with Gasteiger partial charge in [0.2, 0.25) is 0 Å². The molecular formula is C22H27N3O2S. The highest BCUT2D eigenvalue weighted by molar-refractivity contribution is 7.99. The average Bonchev–Trinajstić information content (AvgIpc) is 2.90. The number of methoxy groups -OCH3 is 2. The first-order valence-corrected chi connectivity index (χ1v) is 10.5. The minimum Gasteiger partial charge on any atom is -0.383 e. The first-order chi connectivity index (χ1) is 13.8. The Morgan fingerprint density at radius 2 is 1.54 bits per heavy atom. The van der Waals surface area contributed by atoms with Gasteiger partial charge in [-0.15, -0.1) is 0 Å². The summed E-state index contributed by atoms with van der Waals surface area (Å²) in [6.07, 6.45) is 0. The third-order valence-electron chi connectivity index (χ3n) is 5.29. The van der Waals surface area contributed by atoms with Gasteiger partial charge in [0.15, 0.2) is 0 Å². The fraction of sp³-hybridized carbons (Fsp3) is 0.409. The Labute approximate surface area is 171 Å². The Morgan fingerprint density at radius 3 is 2.25 bits per heavy atom. The Kier molecular flexibility index (Phi) is 6.32. The van der Waals surface area contributed by atoms with Gasteiger partial charge in [0.05, 0.1) is 24.9 Å². The van der Waals surface area contributed by atoms with Crippen LogP contribution in [0.25, 0.3) is 0 Å². The van der Waals surface area contributed by atoms with Gasteiger partial charge in [-0.2, -0.15) is 0 Å². The summed E-state index contributed by atoms with van der Waals surface area (Å²) in [5.74, 6) is 1.09. The summed E-state index contributed by atoms with van der Waals surface area (Å²) < 4.78 is 10.8. The van der Waals surface area contributed by atoms with Gasteiger partial charge in [0.1, 0.15) is 5.84 Å². The van der Waals surface area contributed by atoms with Crippen LogP contribution in [0.4, 0.5) is 5.69 Å². The highest BCUT2D eigenvalue weighted by Crippen LogP contribution is 2.40. The van der Waals surface area contributed by atoms with Gasteiger partial charge in [-0.05, 0) is 18.2 Å². The number of hydrogen-bond donors (Lipinski definition) is 0. The molecule has 0 radical (unpaired) electrons. The second-order valence-corrected chi connectivity index (χ2v) is 8.17. The molecule has 0 unspecified atom stereocenters. The van der Waals surface area contributed by atoms with Gasteiger partial charge < -0.3 is 14.4 Å². The fourth-order valence-electron chi connectivity index (χ4n) is 3.85. The predicted molar refractivity (Wildman–Crippen MR) is 114 cm³/mol. The molecule has 0 saturated carbocycles. The molecule has 2 aromatic carbocycles. The number of aliphatic imine (C=N–C) groups is 1. The molecule has 4 rings (SSSR count). The zero-order chi connectivity index (χ0) is 19.3. The molecule has 2 aliphatic rings. The summed E-state index contributed by atoms with van der Waals surface area (Å²) in [6, 6.07) is 17.3. The summed E-state index contributed by atoms with van der Waals surface area (Å²) in [5, 5.41) is 0. The molecule has 1 saturated heterocycles. The molecule has 2 heterocycles. The number of rotatable bonds is 5. The van der Waals surface area contributed by atoms with E-state index in [9.17, 15) is 0 Å². The number of piperazine rings is 1. The SMILES string of the molecule is COCC(COC)N1CCN(C2=Nc3ccccc3Sc3ccccc32)CC1. The molecular weight excluding hydrogens is 370 g/mol. The Morgan fingerprint density at radius 1 is 0.893 bits per heavy atom. The van der Waals surface area contributed by atoms with Crippen molar-refractivity contribution in [2.24, 2.45) is 4.99 Å². The summed E-state index contributed by atoms with van der Waals surface area (Å²) in [5.41, 5.74) is 2.28. The van der Waals surface area contributed by atoms with Crippen LogP contribution in [-0.4, -0.2) is 75.3 Å². The molecule has 6 heteroatoms. The van der Waals surface area contributed by atoms with Crippen LogP contribution in [0.15, 0.2) is 63.3 Å². The van der Waals surface area contributed by atoms with Gasteiger partial charge in [-0.1, -0.05) is 42.1 Å². The largest absolute Gasteiger partial charge is 0.383 e. The maximum Gasteiger partial charge on any atom is 0.137 e. The van der Waals surface area contributed by atoms with Crippen molar-refractivity contribution in [3.63, 3.8) is 0 Å². The lowest BCUT2D eigenvalue weighted by atomic mass is 10.1. The maximum absolute atomic E-state index is 5.39. The standard InChI is InChI=1S/C22H27N3O2S/c1-26-15-17(16-27-2)24-11-13-25(14-12-24)22-18-7-3-5-9-20(18)28-21-10-6-4-8-19(21)23-22/h3-10,17H,11-16H2,1-2H3. The number of fused-ring (bicyclic) bond motifs is 2. The van der Waals surface area contributed by atoms with E-state index in [1.807, 2.05) is 0 Å². The summed E-state index contributed by atoms with van der Waals surface area (Å²) >= 11 is 1.80. The Balaban J connectivity index is 1.58. The van der Waals surface area contributed by atoms with Crippen LogP contribution in [0.1, 0.15) is 5.56 Å². The molecule has 1 fully saturated rings. The summed E-state index contributed by atoms with van der Waals surface area (Å²) in [4.78, 5) is 12.5. The number of nitrogens with zero attached hydrogens (tertiary/aromatic N) is 3. The first kappa shape index (κ1) is 19.5. The second kappa shape index (κ2) is 9.09. The number of para-hydroxylation sites is 1. The minimum atomic E-state index is 0.303. The first-order valence-electron chi connectivity index (χ1n) is 9.72. The third-order valence-corrected chi connectivity index (χ3v) is 6.43. The monoisotopic (exact) mass is 397 g/mol. The Hall–Kier alpha value is -1.86. The second-order valence-electron chi connectivity index (χ2n) is 7.09. The van der Waals surface area contributed by atoms with Crippen LogP contribution in [0.5, 0.6) is 0 Å². The number of hydrogen-bond acceptors (Lipinski definition) is 6. The van der Waals surface area contributed by atoms with Crippen LogP contribution in [-0.2, 0) is 9.47 Å². The van der Waals surface area contributed by atoms with E-state index in [4.69, 9.17) is 14.5 Å². The fourth-order valence-corrected chi connectivity index (χ4v) is 4.87. The van der Waals surface area contributed by atoms with Gasteiger partial charge >= 0.3 is 0 Å². The maximum atomic E-state index is 5.39. The smallest absolute Gasteiger partial charge is 0.137 e. The van der Waals surface area contributed by atoms with E-state index in [0.717, 1.165) is 37.7 Å². The Bertz CT molecular complexity index is 828. The molecule has 5 nitrogen and oxygen atoms in total. The van der Waals surface area contributed by atoms with Crippen LogP contribution in [0.2, 0.25) is 0 Å². The quantitative estimate of drug-likeness (QED) is 0.772. The van der Waals surface area contributed by atoms with Gasteiger partial charge in [0.25, 0.3) is 0 Å². The van der Waals surface area contributed by atoms with Gasteiger partial charge in [-0.3, -0.25) is 4.90 Å². The lowest BCUT2D eigenvalue weighted by Crippen LogP contribution is -2.54. The molecule has 148 valence electrons. The van der Waals surface area contributed by atoms with Gasteiger partial charge in [0, 0.05) is 55.8 Å². The zero-order valence-electron chi connectivity index (χ0n) is 16.5.